The molecule has 1 unspecified atom stereocenters. The predicted molar refractivity (Wildman–Crippen MR) is 104 cm³/mol. The Hall–Kier alpha value is -3.32. The highest BCUT2D eigenvalue weighted by Crippen LogP contribution is 2.27. The molecule has 3 aromatic rings. The summed E-state index contributed by atoms with van der Waals surface area (Å²) in [5, 5.41) is 2.81. The molecule has 0 spiro atoms. The second-order valence-electron chi connectivity index (χ2n) is 6.39. The SMILES string of the molecule is CC(C)C(c1ccc(NC(=O)C#Cc2ccccc2)cc1)n1ccnc1. The Balaban J connectivity index is 1.70. The van der Waals surface area contributed by atoms with Gasteiger partial charge in [-0.05, 0) is 35.7 Å². The first-order valence-corrected chi connectivity index (χ1v) is 8.59. The van der Waals surface area contributed by atoms with Gasteiger partial charge in [-0.1, -0.05) is 50.1 Å². The van der Waals surface area contributed by atoms with Crippen LogP contribution in [0.2, 0.25) is 0 Å². The highest BCUT2D eigenvalue weighted by atomic mass is 16.1. The number of carbonyl (C=O) groups excluding carboxylic acids is 1. The summed E-state index contributed by atoms with van der Waals surface area (Å²) in [7, 11) is 0. The minimum absolute atomic E-state index is 0.208. The van der Waals surface area contributed by atoms with Crippen molar-refractivity contribution in [1.82, 2.24) is 9.55 Å². The first-order valence-electron chi connectivity index (χ1n) is 8.59. The summed E-state index contributed by atoms with van der Waals surface area (Å²) in [4.78, 5) is 16.1. The molecule has 1 aromatic heterocycles. The molecule has 0 aliphatic heterocycles. The van der Waals surface area contributed by atoms with Gasteiger partial charge in [-0.2, -0.15) is 0 Å². The summed E-state index contributed by atoms with van der Waals surface area (Å²) in [6, 6.07) is 17.5. The van der Waals surface area contributed by atoms with E-state index in [2.05, 4.69) is 40.6 Å². The van der Waals surface area contributed by atoms with Crippen LogP contribution in [0, 0.1) is 17.8 Å². The molecule has 1 amide bonds. The van der Waals surface area contributed by atoms with Crippen molar-refractivity contribution in [2.24, 2.45) is 5.92 Å². The van der Waals surface area contributed by atoms with Crippen molar-refractivity contribution in [2.45, 2.75) is 19.9 Å². The molecule has 4 nitrogen and oxygen atoms in total. The summed E-state index contributed by atoms with van der Waals surface area (Å²) < 4.78 is 2.10. The lowest BCUT2D eigenvalue weighted by Crippen LogP contribution is -2.15. The molecule has 130 valence electrons. The number of rotatable bonds is 4. The van der Waals surface area contributed by atoms with Crippen LogP contribution in [-0.4, -0.2) is 15.5 Å². The standard InChI is InChI=1S/C22H21N3O/c1-17(2)22(25-15-14-23-16-25)19-9-11-20(12-10-19)24-21(26)13-8-18-6-4-3-5-7-18/h3-7,9-12,14-17,22H,1-2H3,(H,24,26). The molecule has 26 heavy (non-hydrogen) atoms. The zero-order valence-corrected chi connectivity index (χ0v) is 14.9. The van der Waals surface area contributed by atoms with E-state index in [1.165, 1.54) is 5.56 Å². The van der Waals surface area contributed by atoms with Crippen LogP contribution < -0.4 is 5.32 Å². The number of benzene rings is 2. The monoisotopic (exact) mass is 343 g/mol. The van der Waals surface area contributed by atoms with E-state index < -0.39 is 0 Å². The van der Waals surface area contributed by atoms with Crippen LogP contribution >= 0.6 is 0 Å². The van der Waals surface area contributed by atoms with Gasteiger partial charge in [0.05, 0.1) is 12.4 Å². The van der Waals surface area contributed by atoms with Gasteiger partial charge in [0.2, 0.25) is 0 Å². The van der Waals surface area contributed by atoms with E-state index in [1.54, 1.807) is 6.20 Å². The number of carbonyl (C=O) groups is 1. The fourth-order valence-electron chi connectivity index (χ4n) is 2.91. The third-order valence-corrected chi connectivity index (χ3v) is 4.08. The predicted octanol–water partition coefficient (Wildman–Crippen LogP) is 4.12. The molecule has 0 aliphatic rings. The van der Waals surface area contributed by atoms with Crippen LogP contribution in [0.15, 0.2) is 73.3 Å². The summed E-state index contributed by atoms with van der Waals surface area (Å²) >= 11 is 0. The van der Waals surface area contributed by atoms with Crippen LogP contribution in [0.25, 0.3) is 0 Å². The molecule has 0 saturated carbocycles. The molecular weight excluding hydrogens is 322 g/mol. The topological polar surface area (TPSA) is 46.9 Å². The summed E-state index contributed by atoms with van der Waals surface area (Å²) in [6.45, 7) is 4.36. The smallest absolute Gasteiger partial charge is 0.300 e. The van der Waals surface area contributed by atoms with E-state index in [0.29, 0.717) is 5.92 Å². The molecule has 0 saturated heterocycles. The zero-order chi connectivity index (χ0) is 18.4. The molecule has 0 fully saturated rings. The van der Waals surface area contributed by atoms with Crippen LogP contribution in [0.5, 0.6) is 0 Å². The highest BCUT2D eigenvalue weighted by molar-refractivity contribution is 6.04. The van der Waals surface area contributed by atoms with Gasteiger partial charge in [-0.3, -0.25) is 4.79 Å². The first kappa shape index (κ1) is 17.5. The number of aromatic nitrogens is 2. The average molecular weight is 343 g/mol. The number of hydrogen-bond donors (Lipinski definition) is 1. The number of anilines is 1. The number of hydrogen-bond acceptors (Lipinski definition) is 2. The van der Waals surface area contributed by atoms with Gasteiger partial charge in [-0.25, -0.2) is 4.98 Å². The van der Waals surface area contributed by atoms with Crippen molar-refractivity contribution in [2.75, 3.05) is 5.32 Å². The number of imidazole rings is 1. The first-order chi connectivity index (χ1) is 12.6. The van der Waals surface area contributed by atoms with E-state index in [0.717, 1.165) is 11.3 Å². The summed E-state index contributed by atoms with van der Waals surface area (Å²) in [5.41, 5.74) is 2.72. The fourth-order valence-corrected chi connectivity index (χ4v) is 2.91. The second kappa shape index (κ2) is 8.17. The van der Waals surface area contributed by atoms with Crippen molar-refractivity contribution in [3.63, 3.8) is 0 Å². The molecule has 0 radical (unpaired) electrons. The Morgan fingerprint density at radius 3 is 2.42 bits per heavy atom. The quantitative estimate of drug-likeness (QED) is 0.725. The molecule has 1 atom stereocenters. The van der Waals surface area contributed by atoms with Crippen molar-refractivity contribution in [3.8, 4) is 11.8 Å². The van der Waals surface area contributed by atoms with Crippen LogP contribution in [0.1, 0.15) is 31.0 Å². The maximum Gasteiger partial charge on any atom is 0.300 e. The molecule has 2 aromatic carbocycles. The molecule has 1 heterocycles. The normalized spacial score (nSPS) is 11.5. The number of nitrogens with one attached hydrogen (secondary N) is 1. The molecular formula is C22H21N3O. The van der Waals surface area contributed by atoms with Crippen LogP contribution in [0.3, 0.4) is 0 Å². The lowest BCUT2D eigenvalue weighted by atomic mass is 9.95. The number of nitrogens with zero attached hydrogens (tertiary/aromatic N) is 2. The maximum atomic E-state index is 12.0. The van der Waals surface area contributed by atoms with Gasteiger partial charge in [0, 0.05) is 29.6 Å². The van der Waals surface area contributed by atoms with Crippen LogP contribution in [-0.2, 0) is 4.79 Å². The lowest BCUT2D eigenvalue weighted by Gasteiger charge is -2.23. The minimum Gasteiger partial charge on any atom is -0.330 e. The van der Waals surface area contributed by atoms with Gasteiger partial charge in [0.15, 0.2) is 0 Å². The van der Waals surface area contributed by atoms with Gasteiger partial charge < -0.3 is 9.88 Å². The van der Waals surface area contributed by atoms with Gasteiger partial charge in [0.25, 0.3) is 0 Å². The third kappa shape index (κ3) is 4.40. The molecule has 4 heteroatoms. The molecule has 1 N–H and O–H groups in total. The Bertz CT molecular complexity index is 902. The third-order valence-electron chi connectivity index (χ3n) is 4.08. The number of amides is 1. The van der Waals surface area contributed by atoms with E-state index in [-0.39, 0.29) is 11.9 Å². The zero-order valence-electron chi connectivity index (χ0n) is 14.9. The van der Waals surface area contributed by atoms with Crippen molar-refractivity contribution in [1.29, 1.82) is 0 Å². The molecule has 0 bridgehead atoms. The van der Waals surface area contributed by atoms with Gasteiger partial charge >= 0.3 is 5.91 Å². The van der Waals surface area contributed by atoms with E-state index in [9.17, 15) is 4.79 Å². The minimum atomic E-state index is -0.323. The molecule has 3 rings (SSSR count). The van der Waals surface area contributed by atoms with Crippen molar-refractivity contribution >= 4 is 11.6 Å². The van der Waals surface area contributed by atoms with Gasteiger partial charge in [-0.15, -0.1) is 0 Å². The van der Waals surface area contributed by atoms with Gasteiger partial charge in [0.1, 0.15) is 0 Å². The molecule has 0 aliphatic carbocycles. The second-order valence-corrected chi connectivity index (χ2v) is 6.39. The maximum absolute atomic E-state index is 12.0. The summed E-state index contributed by atoms with van der Waals surface area (Å²) in [6.07, 6.45) is 5.59. The Kier molecular flexibility index (Phi) is 5.50. The largest absolute Gasteiger partial charge is 0.330 e. The van der Waals surface area contributed by atoms with Crippen molar-refractivity contribution < 1.29 is 4.79 Å². The van der Waals surface area contributed by atoms with E-state index >= 15 is 0 Å². The van der Waals surface area contributed by atoms with Crippen molar-refractivity contribution in [3.05, 3.63) is 84.4 Å². The summed E-state index contributed by atoms with van der Waals surface area (Å²) in [5.74, 6) is 5.56. The highest BCUT2D eigenvalue weighted by Gasteiger charge is 2.17. The van der Waals surface area contributed by atoms with E-state index in [1.807, 2.05) is 67.1 Å². The average Bonchev–Trinajstić information content (AvgIpc) is 3.16. The van der Waals surface area contributed by atoms with Crippen LogP contribution in [0.4, 0.5) is 5.69 Å². The van der Waals surface area contributed by atoms with E-state index in [4.69, 9.17) is 0 Å². The lowest BCUT2D eigenvalue weighted by molar-refractivity contribution is -0.111. The Morgan fingerprint density at radius 2 is 1.81 bits per heavy atom. The Labute approximate surface area is 153 Å². The Morgan fingerprint density at radius 1 is 1.08 bits per heavy atom. The fraction of sp³-hybridized carbons (Fsp3) is 0.182.